The number of piperidine rings is 1. The lowest BCUT2D eigenvalue weighted by atomic mass is 9.92. The van der Waals surface area contributed by atoms with Crippen LogP contribution in [0.2, 0.25) is 0 Å². The fraction of sp³-hybridized carbons (Fsp3) is 0.562. The number of rotatable bonds is 5. The molecule has 0 bridgehead atoms. The Kier molecular flexibility index (Phi) is 5.70. The molecule has 1 amide bonds. The van der Waals surface area contributed by atoms with Crippen LogP contribution in [-0.2, 0) is 4.79 Å². The number of halogens is 1. The third-order valence-electron chi connectivity index (χ3n) is 4.20. The molecule has 21 heavy (non-hydrogen) atoms. The van der Waals surface area contributed by atoms with E-state index in [1.807, 2.05) is 7.05 Å². The summed E-state index contributed by atoms with van der Waals surface area (Å²) in [6, 6.07) is 6.32. The number of hydrogen-bond acceptors (Lipinski definition) is 3. The number of benzene rings is 1. The Morgan fingerprint density at radius 3 is 2.81 bits per heavy atom. The highest BCUT2D eigenvalue weighted by molar-refractivity contribution is 5.92. The van der Waals surface area contributed by atoms with Crippen LogP contribution in [0.4, 0.5) is 10.1 Å². The van der Waals surface area contributed by atoms with Crippen molar-refractivity contribution in [3.05, 3.63) is 30.1 Å². The van der Waals surface area contributed by atoms with Crippen molar-refractivity contribution in [2.24, 2.45) is 5.92 Å². The Morgan fingerprint density at radius 2 is 2.14 bits per heavy atom. The number of nitrogens with one attached hydrogen (secondary N) is 2. The van der Waals surface area contributed by atoms with Crippen LogP contribution in [0, 0.1) is 11.7 Å². The van der Waals surface area contributed by atoms with Crippen LogP contribution in [0.15, 0.2) is 24.3 Å². The zero-order valence-electron chi connectivity index (χ0n) is 12.7. The molecule has 5 heteroatoms. The minimum Gasteiger partial charge on any atom is -0.325 e. The highest BCUT2D eigenvalue weighted by atomic mass is 19.1. The van der Waals surface area contributed by atoms with Crippen LogP contribution < -0.4 is 10.6 Å². The topological polar surface area (TPSA) is 44.4 Å². The van der Waals surface area contributed by atoms with Crippen molar-refractivity contribution in [3.63, 3.8) is 0 Å². The SMILES string of the molecule is CNC(C)C1CCCN(CC(=O)Nc2ccc(F)cc2)C1. The van der Waals surface area contributed by atoms with E-state index in [1.54, 1.807) is 12.1 Å². The first kappa shape index (κ1) is 15.9. The Morgan fingerprint density at radius 1 is 1.43 bits per heavy atom. The van der Waals surface area contributed by atoms with Crippen molar-refractivity contribution in [2.75, 3.05) is 32.0 Å². The Balaban J connectivity index is 1.83. The third-order valence-corrected chi connectivity index (χ3v) is 4.20. The lowest BCUT2D eigenvalue weighted by Crippen LogP contribution is -2.45. The number of nitrogens with zero attached hydrogens (tertiary/aromatic N) is 1. The Hall–Kier alpha value is -1.46. The second kappa shape index (κ2) is 7.52. The number of anilines is 1. The molecule has 1 fully saturated rings. The van der Waals surface area contributed by atoms with E-state index < -0.39 is 0 Å². The fourth-order valence-corrected chi connectivity index (χ4v) is 2.82. The summed E-state index contributed by atoms with van der Waals surface area (Å²) in [7, 11) is 1.98. The molecule has 4 nitrogen and oxygen atoms in total. The summed E-state index contributed by atoms with van der Waals surface area (Å²) in [6.45, 7) is 4.49. The highest BCUT2D eigenvalue weighted by Gasteiger charge is 2.24. The number of hydrogen-bond donors (Lipinski definition) is 2. The molecule has 2 unspecified atom stereocenters. The molecular weight excluding hydrogens is 269 g/mol. The van der Waals surface area contributed by atoms with Gasteiger partial charge in [-0.3, -0.25) is 9.69 Å². The van der Waals surface area contributed by atoms with Gasteiger partial charge in [0.25, 0.3) is 0 Å². The molecule has 1 heterocycles. The zero-order valence-corrected chi connectivity index (χ0v) is 12.7. The van der Waals surface area contributed by atoms with Crippen molar-refractivity contribution < 1.29 is 9.18 Å². The van der Waals surface area contributed by atoms with E-state index in [4.69, 9.17) is 0 Å². The van der Waals surface area contributed by atoms with Crippen molar-refractivity contribution in [2.45, 2.75) is 25.8 Å². The number of carbonyl (C=O) groups excluding carboxylic acids is 1. The van der Waals surface area contributed by atoms with Crippen LogP contribution in [-0.4, -0.2) is 43.5 Å². The number of carbonyl (C=O) groups is 1. The first-order chi connectivity index (χ1) is 10.1. The number of amides is 1. The molecule has 0 aliphatic carbocycles. The van der Waals surface area contributed by atoms with E-state index in [2.05, 4.69) is 22.5 Å². The molecule has 116 valence electrons. The summed E-state index contributed by atoms with van der Waals surface area (Å²) >= 11 is 0. The van der Waals surface area contributed by atoms with Crippen LogP contribution >= 0.6 is 0 Å². The molecule has 1 aromatic rings. The smallest absolute Gasteiger partial charge is 0.238 e. The van der Waals surface area contributed by atoms with Gasteiger partial charge >= 0.3 is 0 Å². The van der Waals surface area contributed by atoms with Gasteiger partial charge in [0.15, 0.2) is 0 Å². The molecule has 0 saturated carbocycles. The van der Waals surface area contributed by atoms with Gasteiger partial charge in [0.05, 0.1) is 6.54 Å². The van der Waals surface area contributed by atoms with E-state index >= 15 is 0 Å². The summed E-state index contributed by atoms with van der Waals surface area (Å²) < 4.78 is 12.8. The maximum Gasteiger partial charge on any atom is 0.238 e. The second-order valence-electron chi connectivity index (χ2n) is 5.77. The van der Waals surface area contributed by atoms with Crippen molar-refractivity contribution in [1.82, 2.24) is 10.2 Å². The minimum absolute atomic E-state index is 0.0423. The molecule has 1 aliphatic heterocycles. The van der Waals surface area contributed by atoms with Gasteiger partial charge in [0.1, 0.15) is 5.82 Å². The summed E-state index contributed by atoms with van der Waals surface area (Å²) in [4.78, 5) is 14.2. The quantitative estimate of drug-likeness (QED) is 0.873. The molecule has 2 N–H and O–H groups in total. The maximum absolute atomic E-state index is 12.8. The fourth-order valence-electron chi connectivity index (χ4n) is 2.82. The normalized spacial score (nSPS) is 21.0. The molecule has 2 atom stereocenters. The standard InChI is InChI=1S/C16H24FN3O/c1-12(18-2)13-4-3-9-20(10-13)11-16(21)19-15-7-5-14(17)6-8-15/h5-8,12-13,18H,3-4,9-11H2,1-2H3,(H,19,21). The maximum atomic E-state index is 12.8. The predicted molar refractivity (Wildman–Crippen MR) is 82.7 cm³/mol. The molecule has 0 spiro atoms. The first-order valence-electron chi connectivity index (χ1n) is 7.53. The summed E-state index contributed by atoms with van der Waals surface area (Å²) in [6.07, 6.45) is 2.33. The van der Waals surface area contributed by atoms with Crippen molar-refractivity contribution in [3.8, 4) is 0 Å². The lowest BCUT2D eigenvalue weighted by Gasteiger charge is -2.35. The zero-order chi connectivity index (χ0) is 15.2. The highest BCUT2D eigenvalue weighted by Crippen LogP contribution is 2.19. The first-order valence-corrected chi connectivity index (χ1v) is 7.53. The molecule has 1 saturated heterocycles. The van der Waals surface area contributed by atoms with E-state index in [0.29, 0.717) is 24.2 Å². The summed E-state index contributed by atoms with van der Waals surface area (Å²) in [5.74, 6) is 0.245. The van der Waals surface area contributed by atoms with Gasteiger partial charge < -0.3 is 10.6 Å². The molecular formula is C16H24FN3O. The van der Waals surface area contributed by atoms with Gasteiger partial charge in [0, 0.05) is 18.3 Å². The largest absolute Gasteiger partial charge is 0.325 e. The van der Waals surface area contributed by atoms with E-state index in [9.17, 15) is 9.18 Å². The van der Waals surface area contributed by atoms with E-state index in [1.165, 1.54) is 18.6 Å². The van der Waals surface area contributed by atoms with Crippen LogP contribution in [0.25, 0.3) is 0 Å². The van der Waals surface area contributed by atoms with Gasteiger partial charge in [-0.2, -0.15) is 0 Å². The Labute approximate surface area is 125 Å². The molecule has 0 aromatic heterocycles. The van der Waals surface area contributed by atoms with Gasteiger partial charge in [-0.15, -0.1) is 0 Å². The second-order valence-corrected chi connectivity index (χ2v) is 5.77. The van der Waals surface area contributed by atoms with Crippen LogP contribution in [0.3, 0.4) is 0 Å². The lowest BCUT2D eigenvalue weighted by molar-refractivity contribution is -0.117. The average Bonchev–Trinajstić information content (AvgIpc) is 2.49. The predicted octanol–water partition coefficient (Wildman–Crippen LogP) is 2.08. The summed E-state index contributed by atoms with van der Waals surface area (Å²) in [5.41, 5.74) is 0.638. The average molecular weight is 293 g/mol. The molecule has 1 aliphatic rings. The third kappa shape index (κ3) is 4.79. The van der Waals surface area contributed by atoms with Crippen molar-refractivity contribution >= 4 is 11.6 Å². The van der Waals surface area contributed by atoms with Crippen LogP contribution in [0.5, 0.6) is 0 Å². The van der Waals surface area contributed by atoms with Gasteiger partial charge in [-0.05, 0) is 63.5 Å². The minimum atomic E-state index is -0.298. The van der Waals surface area contributed by atoms with E-state index in [-0.39, 0.29) is 11.7 Å². The van der Waals surface area contributed by atoms with Gasteiger partial charge in [-0.1, -0.05) is 0 Å². The van der Waals surface area contributed by atoms with Crippen molar-refractivity contribution in [1.29, 1.82) is 0 Å². The monoisotopic (exact) mass is 293 g/mol. The summed E-state index contributed by atoms with van der Waals surface area (Å²) in [5, 5.41) is 6.10. The molecule has 0 radical (unpaired) electrons. The van der Waals surface area contributed by atoms with Gasteiger partial charge in [-0.25, -0.2) is 4.39 Å². The molecule has 2 rings (SSSR count). The molecule has 1 aromatic carbocycles. The number of likely N-dealkylation sites (tertiary alicyclic amines) is 1. The van der Waals surface area contributed by atoms with E-state index in [0.717, 1.165) is 19.5 Å². The Bertz CT molecular complexity index is 463. The van der Waals surface area contributed by atoms with Gasteiger partial charge in [0.2, 0.25) is 5.91 Å². The van der Waals surface area contributed by atoms with Crippen LogP contribution in [0.1, 0.15) is 19.8 Å².